The fourth-order valence-corrected chi connectivity index (χ4v) is 2.51. The number of hydrogen-bond acceptors (Lipinski definition) is 3. The number of carbonyl (C=O) groups is 1. The molecule has 0 bridgehead atoms. The minimum Gasteiger partial charge on any atom is -0.493 e. The molecule has 0 unspecified atom stereocenters. The zero-order chi connectivity index (χ0) is 15.1. The number of amides is 1. The molecule has 1 amide bonds. The van der Waals surface area contributed by atoms with Gasteiger partial charge in [-0.05, 0) is 49.8 Å². The molecule has 0 heterocycles. The van der Waals surface area contributed by atoms with E-state index < -0.39 is 0 Å². The number of ether oxygens (including phenoxy) is 2. The predicted molar refractivity (Wildman–Crippen MR) is 82.8 cm³/mol. The van der Waals surface area contributed by atoms with Crippen LogP contribution in [-0.4, -0.2) is 26.7 Å². The first kappa shape index (κ1) is 15.4. The fourth-order valence-electron chi connectivity index (χ4n) is 2.51. The Morgan fingerprint density at radius 3 is 2.67 bits per heavy atom. The monoisotopic (exact) mass is 289 g/mol. The third-order valence-corrected chi connectivity index (χ3v) is 3.73. The molecular weight excluding hydrogens is 266 g/mol. The smallest absolute Gasteiger partial charge is 0.246 e. The van der Waals surface area contributed by atoms with E-state index in [0.717, 1.165) is 48.3 Å². The Morgan fingerprint density at radius 1 is 1.19 bits per heavy atom. The number of rotatable bonds is 6. The van der Waals surface area contributed by atoms with Crippen LogP contribution in [0.2, 0.25) is 0 Å². The van der Waals surface area contributed by atoms with Gasteiger partial charge in [-0.3, -0.25) is 4.79 Å². The summed E-state index contributed by atoms with van der Waals surface area (Å²) in [6.45, 7) is 0.631. The largest absolute Gasteiger partial charge is 0.493 e. The van der Waals surface area contributed by atoms with Gasteiger partial charge in [0.05, 0.1) is 14.2 Å². The maximum Gasteiger partial charge on any atom is 0.246 e. The van der Waals surface area contributed by atoms with E-state index in [0.29, 0.717) is 6.54 Å². The molecule has 0 aliphatic heterocycles. The van der Waals surface area contributed by atoms with Crippen molar-refractivity contribution >= 4 is 5.91 Å². The first-order chi connectivity index (χ1) is 10.2. The Hall–Kier alpha value is -1.97. The van der Waals surface area contributed by atoms with Gasteiger partial charge in [-0.25, -0.2) is 0 Å². The lowest BCUT2D eigenvalue weighted by molar-refractivity contribution is -0.117. The number of hydrogen-bond donors (Lipinski definition) is 1. The van der Waals surface area contributed by atoms with Gasteiger partial charge >= 0.3 is 0 Å². The van der Waals surface area contributed by atoms with Crippen LogP contribution < -0.4 is 14.8 Å². The topological polar surface area (TPSA) is 47.6 Å². The van der Waals surface area contributed by atoms with Gasteiger partial charge < -0.3 is 14.8 Å². The van der Waals surface area contributed by atoms with Gasteiger partial charge in [-0.15, -0.1) is 0 Å². The summed E-state index contributed by atoms with van der Waals surface area (Å²) in [7, 11) is 3.24. The summed E-state index contributed by atoms with van der Waals surface area (Å²) in [6.07, 6.45) is 7.09. The molecule has 0 radical (unpaired) electrons. The quantitative estimate of drug-likeness (QED) is 0.876. The summed E-state index contributed by atoms with van der Waals surface area (Å²) < 4.78 is 10.5. The molecule has 0 spiro atoms. The zero-order valence-corrected chi connectivity index (χ0v) is 12.8. The maximum absolute atomic E-state index is 12.0. The van der Waals surface area contributed by atoms with Crippen LogP contribution >= 0.6 is 0 Å². The lowest BCUT2D eigenvalue weighted by atomic mass is 9.99. The van der Waals surface area contributed by atoms with E-state index in [1.165, 1.54) is 6.42 Å². The number of methoxy groups -OCH3 is 2. The molecule has 0 saturated carbocycles. The van der Waals surface area contributed by atoms with Crippen LogP contribution in [0.3, 0.4) is 0 Å². The molecular formula is C17H23NO3. The maximum atomic E-state index is 12.0. The SMILES string of the molecule is COc1ccc(CCNC(=O)C2=CCCCC2)cc1OC. The molecule has 0 aromatic heterocycles. The van der Waals surface area contributed by atoms with Crippen molar-refractivity contribution in [1.82, 2.24) is 5.32 Å². The highest BCUT2D eigenvalue weighted by molar-refractivity contribution is 5.93. The summed E-state index contributed by atoms with van der Waals surface area (Å²) in [6, 6.07) is 5.83. The third kappa shape index (κ3) is 4.25. The zero-order valence-electron chi connectivity index (χ0n) is 12.8. The van der Waals surface area contributed by atoms with E-state index in [1.54, 1.807) is 14.2 Å². The van der Waals surface area contributed by atoms with Gasteiger partial charge in [0.25, 0.3) is 0 Å². The van der Waals surface area contributed by atoms with Crippen molar-refractivity contribution in [2.45, 2.75) is 32.1 Å². The standard InChI is InChI=1S/C17H23NO3/c1-20-15-9-8-13(12-16(15)21-2)10-11-18-17(19)14-6-4-3-5-7-14/h6,8-9,12H,3-5,7,10-11H2,1-2H3,(H,18,19). The van der Waals surface area contributed by atoms with Gasteiger partial charge in [0.15, 0.2) is 11.5 Å². The number of nitrogens with one attached hydrogen (secondary N) is 1. The van der Waals surface area contributed by atoms with E-state index >= 15 is 0 Å². The van der Waals surface area contributed by atoms with Crippen molar-refractivity contribution in [2.24, 2.45) is 0 Å². The highest BCUT2D eigenvalue weighted by atomic mass is 16.5. The second-order valence-electron chi connectivity index (χ2n) is 5.17. The van der Waals surface area contributed by atoms with E-state index in [2.05, 4.69) is 11.4 Å². The molecule has 21 heavy (non-hydrogen) atoms. The Kier molecular flexibility index (Phi) is 5.67. The van der Waals surface area contributed by atoms with Gasteiger partial charge in [-0.2, -0.15) is 0 Å². The summed E-state index contributed by atoms with van der Waals surface area (Å²) in [5, 5.41) is 2.99. The van der Waals surface area contributed by atoms with Crippen LogP contribution in [0.4, 0.5) is 0 Å². The van der Waals surface area contributed by atoms with E-state index in [1.807, 2.05) is 18.2 Å². The number of allylic oxidation sites excluding steroid dienone is 1. The molecule has 1 aromatic rings. The van der Waals surface area contributed by atoms with Gasteiger partial charge in [0.1, 0.15) is 0 Å². The molecule has 4 nitrogen and oxygen atoms in total. The molecule has 4 heteroatoms. The molecule has 1 aliphatic rings. The number of carbonyl (C=O) groups excluding carboxylic acids is 1. The Bertz CT molecular complexity index is 523. The average Bonchev–Trinajstić information content (AvgIpc) is 2.55. The Balaban J connectivity index is 1.85. The summed E-state index contributed by atoms with van der Waals surface area (Å²) in [4.78, 5) is 12.0. The lowest BCUT2D eigenvalue weighted by Crippen LogP contribution is -2.27. The summed E-state index contributed by atoms with van der Waals surface area (Å²) >= 11 is 0. The minimum atomic E-state index is 0.0789. The van der Waals surface area contributed by atoms with Gasteiger partial charge in [0, 0.05) is 12.1 Å². The molecule has 1 aliphatic carbocycles. The normalized spacial score (nSPS) is 14.3. The number of benzene rings is 1. The van der Waals surface area contributed by atoms with Crippen LogP contribution in [0.25, 0.3) is 0 Å². The first-order valence-electron chi connectivity index (χ1n) is 7.42. The third-order valence-electron chi connectivity index (χ3n) is 3.73. The van der Waals surface area contributed by atoms with Crippen molar-refractivity contribution in [3.63, 3.8) is 0 Å². The molecule has 2 rings (SSSR count). The highest BCUT2D eigenvalue weighted by Gasteiger charge is 2.11. The van der Waals surface area contributed by atoms with Gasteiger partial charge in [-0.1, -0.05) is 12.1 Å². The molecule has 0 saturated heterocycles. The second kappa shape index (κ2) is 7.72. The predicted octanol–water partition coefficient (Wildman–Crippen LogP) is 2.86. The van der Waals surface area contributed by atoms with Crippen LogP contribution in [0.5, 0.6) is 11.5 Å². The average molecular weight is 289 g/mol. The molecule has 114 valence electrons. The van der Waals surface area contributed by atoms with Crippen LogP contribution in [-0.2, 0) is 11.2 Å². The Labute approximate surface area is 126 Å². The lowest BCUT2D eigenvalue weighted by Gasteiger charge is -2.13. The van der Waals surface area contributed by atoms with E-state index in [9.17, 15) is 4.79 Å². The minimum absolute atomic E-state index is 0.0789. The van der Waals surface area contributed by atoms with Crippen molar-refractivity contribution in [1.29, 1.82) is 0 Å². The van der Waals surface area contributed by atoms with E-state index in [4.69, 9.17) is 9.47 Å². The molecule has 1 aromatic carbocycles. The van der Waals surface area contributed by atoms with E-state index in [-0.39, 0.29) is 5.91 Å². The van der Waals surface area contributed by atoms with Crippen molar-refractivity contribution in [3.8, 4) is 11.5 Å². The van der Waals surface area contributed by atoms with Crippen LogP contribution in [0.1, 0.15) is 31.2 Å². The van der Waals surface area contributed by atoms with Crippen molar-refractivity contribution < 1.29 is 14.3 Å². The van der Waals surface area contributed by atoms with Crippen molar-refractivity contribution in [3.05, 3.63) is 35.4 Å². The van der Waals surface area contributed by atoms with Gasteiger partial charge in [0.2, 0.25) is 5.91 Å². The molecule has 0 atom stereocenters. The molecule has 1 N–H and O–H groups in total. The first-order valence-corrected chi connectivity index (χ1v) is 7.42. The van der Waals surface area contributed by atoms with Crippen LogP contribution in [0.15, 0.2) is 29.8 Å². The molecule has 0 fully saturated rings. The summed E-state index contributed by atoms with van der Waals surface area (Å²) in [5.41, 5.74) is 2.05. The summed E-state index contributed by atoms with van der Waals surface area (Å²) in [5.74, 6) is 1.52. The Morgan fingerprint density at radius 2 is 2.00 bits per heavy atom. The fraction of sp³-hybridized carbons (Fsp3) is 0.471. The van der Waals surface area contributed by atoms with Crippen molar-refractivity contribution in [2.75, 3.05) is 20.8 Å². The second-order valence-corrected chi connectivity index (χ2v) is 5.17. The highest BCUT2D eigenvalue weighted by Crippen LogP contribution is 2.27. The van der Waals surface area contributed by atoms with Crippen LogP contribution in [0, 0.1) is 0 Å².